The van der Waals surface area contributed by atoms with Gasteiger partial charge in [-0.05, 0) is 44.3 Å². The van der Waals surface area contributed by atoms with E-state index in [9.17, 15) is 4.79 Å². The lowest BCUT2D eigenvalue weighted by atomic mass is 9.78. The van der Waals surface area contributed by atoms with Crippen molar-refractivity contribution < 1.29 is 14.1 Å². The Bertz CT molecular complexity index is 610. The summed E-state index contributed by atoms with van der Waals surface area (Å²) in [4.78, 5) is 11.4. The molecule has 130 valence electrons. The van der Waals surface area contributed by atoms with E-state index in [0.717, 1.165) is 16.4 Å². The maximum atomic E-state index is 11.4. The third-order valence-electron chi connectivity index (χ3n) is 4.48. The number of rotatable bonds is 5. The van der Waals surface area contributed by atoms with Crippen LogP contribution in [0.25, 0.3) is 6.08 Å². The monoisotopic (exact) mass is 410 g/mol. The quantitative estimate of drug-likeness (QED) is 0.512. The summed E-state index contributed by atoms with van der Waals surface area (Å²) in [6, 6.07) is 8.31. The molecule has 2 rings (SSSR count). The Morgan fingerprint density at radius 3 is 2.17 bits per heavy atom. The van der Waals surface area contributed by atoms with Crippen molar-refractivity contribution in [3.8, 4) is 0 Å². The standard InChI is InChI=1S/C18H24BBrO3S/c1-13(21)24-12-16(10-14-6-8-15(11-20)9-7-14)19-22-17(2,3)18(4,5)23-19/h6-10H,11-12H2,1-5H3. The fraction of sp³-hybridized carbons (Fsp3) is 0.500. The number of benzene rings is 1. The molecule has 0 aliphatic carbocycles. The van der Waals surface area contributed by atoms with E-state index in [0.29, 0.717) is 5.75 Å². The van der Waals surface area contributed by atoms with Gasteiger partial charge in [-0.1, -0.05) is 58.0 Å². The van der Waals surface area contributed by atoms with Crippen LogP contribution in [-0.4, -0.2) is 29.2 Å². The number of hydrogen-bond donors (Lipinski definition) is 0. The highest BCUT2D eigenvalue weighted by molar-refractivity contribution is 9.08. The van der Waals surface area contributed by atoms with Crippen LogP contribution in [0, 0.1) is 0 Å². The second-order valence-electron chi connectivity index (χ2n) is 6.96. The Morgan fingerprint density at radius 1 is 1.17 bits per heavy atom. The Hall–Kier alpha value is -0.555. The van der Waals surface area contributed by atoms with Gasteiger partial charge in [-0.25, -0.2) is 0 Å². The molecule has 1 aromatic rings. The first-order valence-corrected chi connectivity index (χ1v) is 10.1. The van der Waals surface area contributed by atoms with Gasteiger partial charge in [0.15, 0.2) is 5.12 Å². The number of halogens is 1. The fourth-order valence-electron chi connectivity index (χ4n) is 2.27. The van der Waals surface area contributed by atoms with Gasteiger partial charge in [0, 0.05) is 18.0 Å². The van der Waals surface area contributed by atoms with Gasteiger partial charge in [0.2, 0.25) is 0 Å². The molecule has 1 heterocycles. The van der Waals surface area contributed by atoms with Crippen molar-refractivity contribution in [3.63, 3.8) is 0 Å². The molecular weight excluding hydrogens is 387 g/mol. The summed E-state index contributed by atoms with van der Waals surface area (Å²) in [5.41, 5.74) is 2.49. The van der Waals surface area contributed by atoms with Crippen molar-refractivity contribution >= 4 is 46.0 Å². The Morgan fingerprint density at radius 2 is 1.71 bits per heavy atom. The Labute approximate surface area is 157 Å². The summed E-state index contributed by atoms with van der Waals surface area (Å²) in [5, 5.41) is 0.924. The molecule has 1 saturated heterocycles. The van der Waals surface area contributed by atoms with E-state index < -0.39 is 18.3 Å². The molecule has 1 aliphatic heterocycles. The largest absolute Gasteiger partial charge is 0.491 e. The molecule has 0 spiro atoms. The highest BCUT2D eigenvalue weighted by Gasteiger charge is 2.52. The van der Waals surface area contributed by atoms with Gasteiger partial charge in [0.1, 0.15) is 0 Å². The molecule has 0 aromatic heterocycles. The van der Waals surface area contributed by atoms with Crippen LogP contribution in [0.3, 0.4) is 0 Å². The van der Waals surface area contributed by atoms with Gasteiger partial charge < -0.3 is 9.31 Å². The van der Waals surface area contributed by atoms with Crippen LogP contribution in [0.15, 0.2) is 29.7 Å². The SMILES string of the molecule is CC(=O)SCC(=Cc1ccc(CBr)cc1)B1OC(C)(C)C(C)(C)O1. The molecule has 0 radical (unpaired) electrons. The molecule has 0 bridgehead atoms. The number of alkyl halides is 1. The number of thioether (sulfide) groups is 1. The average molecular weight is 411 g/mol. The van der Waals surface area contributed by atoms with Crippen molar-refractivity contribution in [2.24, 2.45) is 0 Å². The zero-order valence-electron chi connectivity index (χ0n) is 14.9. The minimum atomic E-state index is -0.433. The first-order chi connectivity index (χ1) is 11.1. The van der Waals surface area contributed by atoms with Crippen LogP contribution in [0.4, 0.5) is 0 Å². The van der Waals surface area contributed by atoms with Crippen molar-refractivity contribution in [1.29, 1.82) is 0 Å². The van der Waals surface area contributed by atoms with E-state index in [1.165, 1.54) is 17.3 Å². The zero-order chi connectivity index (χ0) is 18.0. The first-order valence-electron chi connectivity index (χ1n) is 7.99. The van der Waals surface area contributed by atoms with E-state index in [1.807, 2.05) is 27.7 Å². The molecule has 0 saturated carbocycles. The maximum absolute atomic E-state index is 11.4. The topological polar surface area (TPSA) is 35.5 Å². The molecule has 6 heteroatoms. The summed E-state index contributed by atoms with van der Waals surface area (Å²) in [6.07, 6.45) is 2.07. The van der Waals surface area contributed by atoms with Crippen molar-refractivity contribution in [2.45, 2.75) is 51.2 Å². The number of carbonyl (C=O) groups is 1. The first kappa shape index (κ1) is 19.8. The van der Waals surface area contributed by atoms with Crippen LogP contribution in [-0.2, 0) is 19.4 Å². The third-order valence-corrected chi connectivity index (χ3v) is 6.02. The van der Waals surface area contributed by atoms with Crippen LogP contribution in [0.5, 0.6) is 0 Å². The highest BCUT2D eigenvalue weighted by Crippen LogP contribution is 2.39. The van der Waals surface area contributed by atoms with Gasteiger partial charge in [-0.15, -0.1) is 0 Å². The molecule has 0 N–H and O–H groups in total. The summed E-state index contributed by atoms with van der Waals surface area (Å²) in [7, 11) is -0.433. The summed E-state index contributed by atoms with van der Waals surface area (Å²) >= 11 is 4.74. The predicted molar refractivity (Wildman–Crippen MR) is 106 cm³/mol. The van der Waals surface area contributed by atoms with Crippen molar-refractivity contribution in [3.05, 3.63) is 40.9 Å². The predicted octanol–water partition coefficient (Wildman–Crippen LogP) is 4.88. The van der Waals surface area contributed by atoms with E-state index in [4.69, 9.17) is 9.31 Å². The summed E-state index contributed by atoms with van der Waals surface area (Å²) in [5.74, 6) is 0.562. The summed E-state index contributed by atoms with van der Waals surface area (Å²) < 4.78 is 12.3. The maximum Gasteiger partial charge on any atom is 0.491 e. The van der Waals surface area contributed by atoms with Crippen molar-refractivity contribution in [1.82, 2.24) is 0 Å². The van der Waals surface area contributed by atoms with Gasteiger partial charge in [0.05, 0.1) is 11.2 Å². The molecule has 3 nitrogen and oxygen atoms in total. The van der Waals surface area contributed by atoms with Gasteiger partial charge in [0.25, 0.3) is 0 Å². The lowest BCUT2D eigenvalue weighted by Crippen LogP contribution is -2.41. The second kappa shape index (κ2) is 7.77. The molecule has 1 aliphatic rings. The molecule has 0 amide bonds. The lowest BCUT2D eigenvalue weighted by Gasteiger charge is -2.32. The molecule has 0 atom stereocenters. The van der Waals surface area contributed by atoms with E-state index in [2.05, 4.69) is 46.3 Å². The molecule has 24 heavy (non-hydrogen) atoms. The molecule has 0 unspecified atom stereocenters. The van der Waals surface area contributed by atoms with Crippen LogP contribution in [0.1, 0.15) is 45.7 Å². The molecular formula is C18H24BBrO3S. The van der Waals surface area contributed by atoms with E-state index in [-0.39, 0.29) is 5.12 Å². The fourth-order valence-corrected chi connectivity index (χ4v) is 3.24. The minimum absolute atomic E-state index is 0.0899. The normalized spacial score (nSPS) is 19.6. The summed E-state index contributed by atoms with van der Waals surface area (Å²) in [6.45, 7) is 9.72. The Balaban J connectivity index is 2.27. The second-order valence-corrected chi connectivity index (χ2v) is 8.68. The van der Waals surface area contributed by atoms with E-state index >= 15 is 0 Å². The van der Waals surface area contributed by atoms with Crippen LogP contribution in [0.2, 0.25) is 0 Å². The van der Waals surface area contributed by atoms with Crippen molar-refractivity contribution in [2.75, 3.05) is 5.75 Å². The zero-order valence-corrected chi connectivity index (χ0v) is 17.3. The van der Waals surface area contributed by atoms with Crippen LogP contribution >= 0.6 is 27.7 Å². The Kier molecular flexibility index (Phi) is 6.40. The minimum Gasteiger partial charge on any atom is -0.400 e. The highest BCUT2D eigenvalue weighted by atomic mass is 79.9. The smallest absolute Gasteiger partial charge is 0.400 e. The number of hydrogen-bond acceptors (Lipinski definition) is 4. The van der Waals surface area contributed by atoms with Gasteiger partial charge >= 0.3 is 7.12 Å². The molecule has 1 fully saturated rings. The van der Waals surface area contributed by atoms with Crippen LogP contribution < -0.4 is 0 Å². The average Bonchev–Trinajstić information content (AvgIpc) is 2.72. The number of carbonyl (C=O) groups excluding carboxylic acids is 1. The van der Waals surface area contributed by atoms with Gasteiger partial charge in [-0.3, -0.25) is 4.79 Å². The third kappa shape index (κ3) is 4.75. The van der Waals surface area contributed by atoms with Gasteiger partial charge in [-0.2, -0.15) is 0 Å². The van der Waals surface area contributed by atoms with E-state index in [1.54, 1.807) is 6.92 Å². The lowest BCUT2D eigenvalue weighted by molar-refractivity contribution is -0.109. The molecule has 1 aromatic carbocycles.